The average molecular weight is 942 g/mol. The number of rotatable bonds is 46. The summed E-state index contributed by atoms with van der Waals surface area (Å²) in [6.45, 7) is 9.85. The van der Waals surface area contributed by atoms with E-state index >= 15 is 0 Å². The molecule has 1 atom stereocenters. The highest BCUT2D eigenvalue weighted by Gasteiger charge is 2.22. The minimum Gasteiger partial charge on any atom is -0.427 e. The second-order valence-corrected chi connectivity index (χ2v) is 21.4. The van der Waals surface area contributed by atoms with Crippen LogP contribution in [0, 0.1) is 0 Å². The molecule has 67 heavy (non-hydrogen) atoms. The second-order valence-electron chi connectivity index (χ2n) is 20.5. The molecular weight excluding hydrogens is 836 g/mol. The summed E-state index contributed by atoms with van der Waals surface area (Å²) in [5.74, 6) is 1.12. The Balaban J connectivity index is 1.80. The zero-order valence-electron chi connectivity index (χ0n) is 44.4. The molecule has 0 saturated heterocycles. The number of unbranched alkanes of at least 4 members (excludes halogenated alkanes) is 29. The van der Waals surface area contributed by atoms with E-state index in [1.807, 2.05) is 30.3 Å². The third-order valence-electron chi connectivity index (χ3n) is 14.4. The van der Waals surface area contributed by atoms with Gasteiger partial charge in [-0.15, -0.1) is 0 Å². The Labute approximate surface area is 417 Å². The third kappa shape index (κ3) is 28.9. The van der Waals surface area contributed by atoms with E-state index in [-0.39, 0.29) is 0 Å². The first-order valence-corrected chi connectivity index (χ1v) is 30.3. The van der Waals surface area contributed by atoms with Gasteiger partial charge in [-0.25, -0.2) is 0 Å². The molecule has 3 aromatic carbocycles. The minimum atomic E-state index is -1.88. The molecule has 0 aliphatic heterocycles. The fraction of sp³-hybridized carbons (Fsp3) is 0.714. The molecule has 0 aliphatic carbocycles. The van der Waals surface area contributed by atoms with Gasteiger partial charge in [0.2, 0.25) is 0 Å². The van der Waals surface area contributed by atoms with E-state index in [2.05, 4.69) is 64.1 Å². The van der Waals surface area contributed by atoms with Crippen molar-refractivity contribution in [3.63, 3.8) is 0 Å². The zero-order chi connectivity index (χ0) is 47.7. The van der Waals surface area contributed by atoms with Gasteiger partial charge in [-0.1, -0.05) is 268 Å². The van der Waals surface area contributed by atoms with E-state index in [0.29, 0.717) is 18.3 Å². The summed E-state index contributed by atoms with van der Waals surface area (Å²) in [5, 5.41) is 0. The van der Waals surface area contributed by atoms with Gasteiger partial charge in [0, 0.05) is 5.92 Å². The Morgan fingerprint density at radius 2 is 0.746 bits per heavy atom. The fourth-order valence-electron chi connectivity index (χ4n) is 10.2. The summed E-state index contributed by atoms with van der Waals surface area (Å²) in [6.07, 6.45) is 51.6. The van der Waals surface area contributed by atoms with Crippen LogP contribution in [0.15, 0.2) is 66.7 Å². The van der Waals surface area contributed by atoms with E-state index in [1.54, 1.807) is 33.4 Å². The Bertz CT molecular complexity index is 1470. The lowest BCUT2D eigenvalue weighted by Crippen LogP contribution is -2.10. The van der Waals surface area contributed by atoms with Gasteiger partial charge >= 0.3 is 8.60 Å². The summed E-state index contributed by atoms with van der Waals surface area (Å²) in [6, 6.07) is 25.2. The van der Waals surface area contributed by atoms with Gasteiger partial charge < -0.3 is 13.9 Å². The maximum atomic E-state index is 10.3. The third-order valence-corrected chi connectivity index (χ3v) is 15.2. The van der Waals surface area contributed by atoms with Crippen LogP contribution in [0.1, 0.15) is 292 Å². The molecule has 0 aliphatic rings. The molecule has 3 aromatic rings. The summed E-state index contributed by atoms with van der Waals surface area (Å²) < 4.78 is 11.2. The van der Waals surface area contributed by atoms with E-state index < -0.39 is 8.60 Å². The van der Waals surface area contributed by atoms with Crippen LogP contribution < -0.4 is 4.52 Å². The molecule has 0 aromatic heterocycles. The molecule has 1 unspecified atom stereocenters. The minimum absolute atomic E-state index is 0.459. The first kappa shape index (κ1) is 59.1. The van der Waals surface area contributed by atoms with Gasteiger partial charge in [0.15, 0.2) is 0 Å². The maximum Gasteiger partial charge on any atom is 0.394 e. The molecule has 4 heteroatoms. The van der Waals surface area contributed by atoms with Crippen molar-refractivity contribution in [2.24, 2.45) is 0 Å². The second kappa shape index (κ2) is 41.6. The lowest BCUT2D eigenvalue weighted by atomic mass is 9.79. The molecule has 0 bridgehead atoms. The largest absolute Gasteiger partial charge is 0.427 e. The maximum absolute atomic E-state index is 10.3. The number of hydrogen-bond acceptors (Lipinski definition) is 3. The number of aryl methyl sites for hydroxylation is 4. The van der Waals surface area contributed by atoms with Crippen LogP contribution in [0.3, 0.4) is 0 Å². The Morgan fingerprint density at radius 3 is 1.16 bits per heavy atom. The van der Waals surface area contributed by atoms with Gasteiger partial charge in [-0.05, 0) is 110 Å². The number of benzene rings is 3. The lowest BCUT2D eigenvalue weighted by molar-refractivity contribution is 0.253. The molecule has 0 heterocycles. The summed E-state index contributed by atoms with van der Waals surface area (Å²) in [5.41, 5.74) is 9.76. The van der Waals surface area contributed by atoms with Gasteiger partial charge in [-0.3, -0.25) is 0 Å². The Kier molecular flexibility index (Phi) is 36.7. The SMILES string of the molecule is CCCCCCCCCc1ccc(C(CCCCCCCCOP(O)Oc2ccccc2)c2ccc(CCCCCCCCC)cc2CCCCCCCCC)c(CCCCCCCCC)c1. The van der Waals surface area contributed by atoms with Gasteiger partial charge in [0.25, 0.3) is 0 Å². The molecule has 0 saturated carbocycles. The smallest absolute Gasteiger partial charge is 0.394 e. The number of para-hydroxylation sites is 1. The van der Waals surface area contributed by atoms with Gasteiger partial charge in [-0.2, -0.15) is 0 Å². The Morgan fingerprint density at radius 1 is 0.388 bits per heavy atom. The highest BCUT2D eigenvalue weighted by atomic mass is 31.2. The van der Waals surface area contributed by atoms with E-state index in [9.17, 15) is 4.89 Å². The van der Waals surface area contributed by atoms with Crippen molar-refractivity contribution in [3.8, 4) is 5.75 Å². The quantitative estimate of drug-likeness (QED) is 0.0453. The summed E-state index contributed by atoms with van der Waals surface area (Å²) in [4.78, 5) is 10.3. The summed E-state index contributed by atoms with van der Waals surface area (Å²) in [7, 11) is -1.88. The van der Waals surface area contributed by atoms with Crippen molar-refractivity contribution < 1.29 is 13.9 Å². The predicted octanol–water partition coefficient (Wildman–Crippen LogP) is 21.0. The molecule has 380 valence electrons. The van der Waals surface area contributed by atoms with Crippen molar-refractivity contribution in [3.05, 3.63) is 100 Å². The van der Waals surface area contributed by atoms with E-state index in [0.717, 1.165) is 12.8 Å². The lowest BCUT2D eigenvalue weighted by Gasteiger charge is -2.26. The molecule has 3 nitrogen and oxygen atoms in total. The topological polar surface area (TPSA) is 38.7 Å². The van der Waals surface area contributed by atoms with Crippen molar-refractivity contribution in [1.82, 2.24) is 0 Å². The zero-order valence-corrected chi connectivity index (χ0v) is 45.3. The van der Waals surface area contributed by atoms with E-state index in [1.165, 1.54) is 238 Å². The fourth-order valence-corrected chi connectivity index (χ4v) is 10.9. The molecular formula is C63H105O3P. The van der Waals surface area contributed by atoms with Crippen LogP contribution in [-0.4, -0.2) is 11.5 Å². The van der Waals surface area contributed by atoms with E-state index in [4.69, 9.17) is 9.05 Å². The Hall–Kier alpha value is -2.19. The predicted molar refractivity (Wildman–Crippen MR) is 296 cm³/mol. The highest BCUT2D eigenvalue weighted by molar-refractivity contribution is 7.41. The number of hydrogen-bond donors (Lipinski definition) is 1. The molecule has 0 fully saturated rings. The van der Waals surface area contributed by atoms with Crippen LogP contribution in [0.25, 0.3) is 0 Å². The normalized spacial score (nSPS) is 12.1. The van der Waals surface area contributed by atoms with Crippen LogP contribution in [0.2, 0.25) is 0 Å². The van der Waals surface area contributed by atoms with Crippen LogP contribution in [0.5, 0.6) is 5.75 Å². The van der Waals surface area contributed by atoms with Crippen molar-refractivity contribution in [1.29, 1.82) is 0 Å². The summed E-state index contributed by atoms with van der Waals surface area (Å²) >= 11 is 0. The van der Waals surface area contributed by atoms with Crippen LogP contribution in [0.4, 0.5) is 0 Å². The van der Waals surface area contributed by atoms with Crippen LogP contribution in [-0.2, 0) is 30.2 Å². The van der Waals surface area contributed by atoms with Gasteiger partial charge in [0.1, 0.15) is 5.75 Å². The van der Waals surface area contributed by atoms with Crippen molar-refractivity contribution in [2.75, 3.05) is 6.61 Å². The molecule has 1 N–H and O–H groups in total. The highest BCUT2D eigenvalue weighted by Crippen LogP contribution is 2.38. The first-order valence-electron chi connectivity index (χ1n) is 29.2. The molecule has 0 amide bonds. The van der Waals surface area contributed by atoms with Gasteiger partial charge in [0.05, 0.1) is 6.61 Å². The standard InChI is InChI=1S/C63H105O3P/c1-5-9-13-17-21-27-34-42-56-49-51-61(58(54-56)44-36-29-23-19-15-11-7-3)63(48-40-31-25-26-32-41-53-65-67(64)66-60-46-38-33-39-47-60)62-52-50-57(43-35-28-22-18-14-10-6-2)55-59(62)45-37-30-24-20-16-12-8-4/h33,38-39,46-47,49-52,54-55,63-64H,5-32,34-37,40-45,48,53H2,1-4H3. The average Bonchev–Trinajstić information content (AvgIpc) is 3.34. The van der Waals surface area contributed by atoms with Crippen molar-refractivity contribution >= 4 is 8.60 Å². The molecule has 0 spiro atoms. The molecule has 3 rings (SSSR count). The molecule has 0 radical (unpaired) electrons. The monoisotopic (exact) mass is 941 g/mol. The van der Waals surface area contributed by atoms with Crippen molar-refractivity contribution in [2.45, 2.75) is 284 Å². The van der Waals surface area contributed by atoms with Crippen LogP contribution >= 0.6 is 8.60 Å². The first-order chi connectivity index (χ1) is 33.1.